The minimum atomic E-state index is -3.44. The highest BCUT2D eigenvalue weighted by Gasteiger charge is 2.37. The van der Waals surface area contributed by atoms with Gasteiger partial charge in [0.2, 0.25) is 5.91 Å². The predicted octanol–water partition coefficient (Wildman–Crippen LogP) is 3.20. The molecule has 1 saturated carbocycles. The molecule has 23 heavy (non-hydrogen) atoms. The highest BCUT2D eigenvalue weighted by atomic mass is 32.2. The fourth-order valence-electron chi connectivity index (χ4n) is 2.71. The summed E-state index contributed by atoms with van der Waals surface area (Å²) in [5, 5.41) is -1.54. The zero-order valence-electron chi connectivity index (χ0n) is 14.4. The molecular formula is C18H27NO3S. The molecule has 2 atom stereocenters. The van der Waals surface area contributed by atoms with E-state index < -0.39 is 20.3 Å². The maximum Gasteiger partial charge on any atom is 0.241 e. The lowest BCUT2D eigenvalue weighted by atomic mass is 10.1. The van der Waals surface area contributed by atoms with Crippen LogP contribution in [0.25, 0.3) is 0 Å². The highest BCUT2D eigenvalue weighted by molar-refractivity contribution is 7.93. The van der Waals surface area contributed by atoms with Gasteiger partial charge in [0.05, 0.1) is 11.3 Å². The van der Waals surface area contributed by atoms with Crippen LogP contribution in [0.15, 0.2) is 30.3 Å². The Kier molecular flexibility index (Phi) is 5.50. The summed E-state index contributed by atoms with van der Waals surface area (Å²) in [5.41, 5.74) is 1.04. The summed E-state index contributed by atoms with van der Waals surface area (Å²) in [6, 6.07) is 9.68. The third kappa shape index (κ3) is 4.14. The van der Waals surface area contributed by atoms with Crippen molar-refractivity contribution >= 4 is 15.7 Å². The zero-order valence-corrected chi connectivity index (χ0v) is 15.2. The standard InChI is InChI=1S/C18H27NO3S/c1-13(2)23(21,22)15(4)18(20)19(12-16-10-11-16)14(3)17-8-6-5-7-9-17/h5-9,13-16H,10-12H2,1-4H3/t14-,15-/m0/s1. The largest absolute Gasteiger partial charge is 0.335 e. The SMILES string of the molecule is CC(C)S(=O)(=O)[C@@H](C)C(=O)N(CC1CC1)[C@@H](C)c1ccccc1. The monoisotopic (exact) mass is 337 g/mol. The first-order chi connectivity index (χ1) is 10.7. The van der Waals surface area contributed by atoms with E-state index in [0.29, 0.717) is 12.5 Å². The summed E-state index contributed by atoms with van der Waals surface area (Å²) in [6.45, 7) is 7.41. The molecule has 2 rings (SSSR count). The van der Waals surface area contributed by atoms with Crippen LogP contribution >= 0.6 is 0 Å². The normalized spacial score (nSPS) is 17.8. The van der Waals surface area contributed by atoms with Crippen molar-refractivity contribution in [1.82, 2.24) is 4.90 Å². The van der Waals surface area contributed by atoms with Crippen molar-refractivity contribution in [2.75, 3.05) is 6.54 Å². The molecule has 0 spiro atoms. The first-order valence-corrected chi connectivity index (χ1v) is 9.94. The maximum absolute atomic E-state index is 12.9. The van der Waals surface area contributed by atoms with Crippen molar-refractivity contribution in [2.45, 2.75) is 57.1 Å². The van der Waals surface area contributed by atoms with Crippen molar-refractivity contribution in [2.24, 2.45) is 5.92 Å². The molecule has 1 aliphatic carbocycles. The second-order valence-electron chi connectivity index (χ2n) is 6.80. The second-order valence-corrected chi connectivity index (χ2v) is 9.63. The molecule has 0 aromatic heterocycles. The predicted molar refractivity (Wildman–Crippen MR) is 92.8 cm³/mol. The van der Waals surface area contributed by atoms with Crippen LogP contribution in [0.4, 0.5) is 0 Å². The molecule has 0 saturated heterocycles. The minimum absolute atomic E-state index is 0.117. The Morgan fingerprint density at radius 3 is 2.17 bits per heavy atom. The van der Waals surface area contributed by atoms with E-state index in [4.69, 9.17) is 0 Å². The van der Waals surface area contributed by atoms with Gasteiger partial charge in [-0.15, -0.1) is 0 Å². The van der Waals surface area contributed by atoms with Gasteiger partial charge in [-0.05, 0) is 52.0 Å². The van der Waals surface area contributed by atoms with Gasteiger partial charge in [-0.2, -0.15) is 0 Å². The quantitative estimate of drug-likeness (QED) is 0.768. The number of hydrogen-bond acceptors (Lipinski definition) is 3. The molecule has 1 amide bonds. The molecule has 0 radical (unpaired) electrons. The Morgan fingerprint density at radius 1 is 1.13 bits per heavy atom. The van der Waals surface area contributed by atoms with Gasteiger partial charge in [0.1, 0.15) is 5.25 Å². The van der Waals surface area contributed by atoms with Crippen LogP contribution in [0.1, 0.15) is 52.1 Å². The van der Waals surface area contributed by atoms with Crippen molar-refractivity contribution in [1.29, 1.82) is 0 Å². The van der Waals surface area contributed by atoms with E-state index in [9.17, 15) is 13.2 Å². The van der Waals surface area contributed by atoms with Gasteiger partial charge in [0, 0.05) is 6.54 Å². The molecule has 0 N–H and O–H groups in total. The highest BCUT2D eigenvalue weighted by Crippen LogP contribution is 2.33. The van der Waals surface area contributed by atoms with Gasteiger partial charge in [-0.25, -0.2) is 8.42 Å². The van der Waals surface area contributed by atoms with Crippen LogP contribution in [-0.2, 0) is 14.6 Å². The molecule has 0 bridgehead atoms. The Morgan fingerprint density at radius 2 is 1.70 bits per heavy atom. The van der Waals surface area contributed by atoms with Gasteiger partial charge in [0.15, 0.2) is 9.84 Å². The summed E-state index contributed by atoms with van der Waals surface area (Å²) in [7, 11) is -3.44. The van der Waals surface area contributed by atoms with E-state index >= 15 is 0 Å². The van der Waals surface area contributed by atoms with Crippen LogP contribution < -0.4 is 0 Å². The number of carbonyl (C=O) groups is 1. The van der Waals surface area contributed by atoms with E-state index in [-0.39, 0.29) is 11.9 Å². The summed E-state index contributed by atoms with van der Waals surface area (Å²) in [6.07, 6.45) is 2.24. The summed E-state index contributed by atoms with van der Waals surface area (Å²) < 4.78 is 24.8. The second kappa shape index (κ2) is 7.04. The molecule has 0 heterocycles. The molecule has 4 nitrogen and oxygen atoms in total. The van der Waals surface area contributed by atoms with Crippen LogP contribution in [0.5, 0.6) is 0 Å². The Balaban J connectivity index is 2.25. The molecular weight excluding hydrogens is 310 g/mol. The molecule has 5 heteroatoms. The van der Waals surface area contributed by atoms with Crippen LogP contribution in [0, 0.1) is 5.92 Å². The van der Waals surface area contributed by atoms with Crippen LogP contribution in [0.3, 0.4) is 0 Å². The first kappa shape index (κ1) is 18.0. The van der Waals surface area contributed by atoms with Crippen molar-refractivity contribution in [3.05, 3.63) is 35.9 Å². The van der Waals surface area contributed by atoms with Crippen molar-refractivity contribution in [3.8, 4) is 0 Å². The zero-order chi connectivity index (χ0) is 17.2. The summed E-state index contributed by atoms with van der Waals surface area (Å²) in [4.78, 5) is 14.7. The molecule has 1 aliphatic rings. The Labute approximate surface area is 139 Å². The number of rotatable bonds is 7. The van der Waals surface area contributed by atoms with E-state index in [2.05, 4.69) is 0 Å². The average Bonchev–Trinajstić information content (AvgIpc) is 3.35. The lowest BCUT2D eigenvalue weighted by molar-refractivity contribution is -0.132. The first-order valence-electron chi connectivity index (χ1n) is 8.33. The lowest BCUT2D eigenvalue weighted by Crippen LogP contribution is -2.45. The molecule has 0 unspecified atom stereocenters. The number of carbonyl (C=O) groups excluding carboxylic acids is 1. The van der Waals surface area contributed by atoms with Crippen LogP contribution in [-0.4, -0.2) is 36.3 Å². The molecule has 1 aromatic carbocycles. The Bertz CT molecular complexity index is 635. The van der Waals surface area contributed by atoms with Gasteiger partial charge in [0.25, 0.3) is 0 Å². The summed E-state index contributed by atoms with van der Waals surface area (Å²) >= 11 is 0. The molecule has 1 aromatic rings. The van der Waals surface area contributed by atoms with Gasteiger partial charge >= 0.3 is 0 Å². The van der Waals surface area contributed by atoms with Crippen molar-refractivity contribution in [3.63, 3.8) is 0 Å². The van der Waals surface area contributed by atoms with Crippen molar-refractivity contribution < 1.29 is 13.2 Å². The third-order valence-corrected chi connectivity index (χ3v) is 7.18. The average molecular weight is 337 g/mol. The topological polar surface area (TPSA) is 54.5 Å². The number of amides is 1. The van der Waals surface area contributed by atoms with E-state index in [0.717, 1.165) is 18.4 Å². The maximum atomic E-state index is 12.9. The van der Waals surface area contributed by atoms with Gasteiger partial charge in [-0.1, -0.05) is 30.3 Å². The molecule has 1 fully saturated rings. The fraction of sp³-hybridized carbons (Fsp3) is 0.611. The van der Waals surface area contributed by atoms with E-state index in [1.54, 1.807) is 18.7 Å². The van der Waals surface area contributed by atoms with E-state index in [1.807, 2.05) is 37.3 Å². The fourth-order valence-corrected chi connectivity index (χ4v) is 3.94. The molecule has 128 valence electrons. The van der Waals surface area contributed by atoms with Gasteiger partial charge < -0.3 is 4.90 Å². The lowest BCUT2D eigenvalue weighted by Gasteiger charge is -2.32. The Hall–Kier alpha value is -1.36. The summed E-state index contributed by atoms with van der Waals surface area (Å²) in [5.74, 6) is 0.237. The molecule has 0 aliphatic heterocycles. The number of benzene rings is 1. The van der Waals surface area contributed by atoms with Gasteiger partial charge in [-0.3, -0.25) is 4.79 Å². The van der Waals surface area contributed by atoms with E-state index in [1.165, 1.54) is 6.92 Å². The number of sulfone groups is 1. The smallest absolute Gasteiger partial charge is 0.241 e. The number of nitrogens with zero attached hydrogens (tertiary/aromatic N) is 1. The third-order valence-electron chi connectivity index (χ3n) is 4.68. The number of hydrogen-bond donors (Lipinski definition) is 0. The van der Waals surface area contributed by atoms with Crippen LogP contribution in [0.2, 0.25) is 0 Å². The minimum Gasteiger partial charge on any atom is -0.335 e.